The molecule has 1 aliphatic heterocycles. The van der Waals surface area contributed by atoms with E-state index in [0.717, 1.165) is 45.3 Å². The van der Waals surface area contributed by atoms with E-state index in [1.165, 1.54) is 0 Å². The summed E-state index contributed by atoms with van der Waals surface area (Å²) in [5.74, 6) is 0. The van der Waals surface area contributed by atoms with Crippen molar-refractivity contribution in [3.8, 4) is 0 Å². The molecule has 0 aromatic carbocycles. The molecule has 3 heteroatoms. The van der Waals surface area contributed by atoms with Gasteiger partial charge < -0.3 is 14.7 Å². The highest BCUT2D eigenvalue weighted by molar-refractivity contribution is 4.82. The molecule has 0 saturated carbocycles. The van der Waals surface area contributed by atoms with Crippen LogP contribution < -0.4 is 0 Å². The van der Waals surface area contributed by atoms with Crippen LogP contribution in [0.3, 0.4) is 0 Å². The summed E-state index contributed by atoms with van der Waals surface area (Å²) in [5, 5.41) is 10.2. The van der Waals surface area contributed by atoms with E-state index in [2.05, 4.69) is 18.7 Å². The molecule has 3 nitrogen and oxygen atoms in total. The number of methoxy groups -OCH3 is 1. The summed E-state index contributed by atoms with van der Waals surface area (Å²) in [6, 6.07) is 0. The predicted molar refractivity (Wildman–Crippen MR) is 62.0 cm³/mol. The SMILES string of the molecule is CCC(O)(CC)CN1CCC(OC)CC1. The number of hydrogen-bond acceptors (Lipinski definition) is 3. The van der Waals surface area contributed by atoms with Gasteiger partial charge in [0, 0.05) is 26.7 Å². The largest absolute Gasteiger partial charge is 0.389 e. The molecule has 0 aromatic heterocycles. The van der Waals surface area contributed by atoms with E-state index in [1.54, 1.807) is 7.11 Å². The van der Waals surface area contributed by atoms with Crippen molar-refractivity contribution < 1.29 is 9.84 Å². The minimum atomic E-state index is -0.486. The first-order chi connectivity index (χ1) is 7.13. The number of ether oxygens (including phenoxy) is 1. The fourth-order valence-corrected chi connectivity index (χ4v) is 2.19. The molecule has 0 aliphatic carbocycles. The maximum Gasteiger partial charge on any atom is 0.0768 e. The van der Waals surface area contributed by atoms with E-state index in [4.69, 9.17) is 4.74 Å². The van der Waals surface area contributed by atoms with Gasteiger partial charge in [0.15, 0.2) is 0 Å². The highest BCUT2D eigenvalue weighted by atomic mass is 16.5. The van der Waals surface area contributed by atoms with E-state index >= 15 is 0 Å². The predicted octanol–water partition coefficient (Wildman–Crippen LogP) is 1.65. The van der Waals surface area contributed by atoms with Crippen LogP contribution >= 0.6 is 0 Å². The minimum Gasteiger partial charge on any atom is -0.389 e. The van der Waals surface area contributed by atoms with Gasteiger partial charge in [-0.1, -0.05) is 13.8 Å². The van der Waals surface area contributed by atoms with Crippen LogP contribution in [-0.2, 0) is 4.74 Å². The smallest absolute Gasteiger partial charge is 0.0768 e. The van der Waals surface area contributed by atoms with Crippen LogP contribution in [0.2, 0.25) is 0 Å². The van der Waals surface area contributed by atoms with Gasteiger partial charge in [-0.3, -0.25) is 0 Å². The van der Waals surface area contributed by atoms with Crippen LogP contribution in [0, 0.1) is 0 Å². The number of nitrogens with zero attached hydrogens (tertiary/aromatic N) is 1. The van der Waals surface area contributed by atoms with Crippen LogP contribution in [0.25, 0.3) is 0 Å². The van der Waals surface area contributed by atoms with E-state index in [-0.39, 0.29) is 0 Å². The monoisotopic (exact) mass is 215 g/mol. The summed E-state index contributed by atoms with van der Waals surface area (Å²) in [7, 11) is 1.79. The van der Waals surface area contributed by atoms with Gasteiger partial charge in [-0.25, -0.2) is 0 Å². The molecule has 0 spiro atoms. The van der Waals surface area contributed by atoms with E-state index in [9.17, 15) is 5.11 Å². The molecule has 1 fully saturated rings. The zero-order valence-electron chi connectivity index (χ0n) is 10.3. The van der Waals surface area contributed by atoms with Gasteiger partial charge in [0.05, 0.1) is 11.7 Å². The van der Waals surface area contributed by atoms with Gasteiger partial charge in [0.25, 0.3) is 0 Å². The molecule has 1 rings (SSSR count). The Morgan fingerprint density at radius 2 is 1.80 bits per heavy atom. The van der Waals surface area contributed by atoms with Crippen LogP contribution in [-0.4, -0.2) is 48.5 Å². The number of hydrogen-bond donors (Lipinski definition) is 1. The molecule has 0 bridgehead atoms. The molecule has 1 aliphatic rings. The van der Waals surface area contributed by atoms with Crippen molar-refractivity contribution in [3.63, 3.8) is 0 Å². The molecule has 0 radical (unpaired) electrons. The fourth-order valence-electron chi connectivity index (χ4n) is 2.19. The second kappa shape index (κ2) is 5.83. The summed E-state index contributed by atoms with van der Waals surface area (Å²) in [5.41, 5.74) is -0.486. The molecule has 90 valence electrons. The van der Waals surface area contributed by atoms with Gasteiger partial charge in [-0.15, -0.1) is 0 Å². The molecule has 0 atom stereocenters. The number of aliphatic hydroxyl groups is 1. The van der Waals surface area contributed by atoms with E-state index in [0.29, 0.717) is 6.10 Å². The topological polar surface area (TPSA) is 32.7 Å². The highest BCUT2D eigenvalue weighted by Crippen LogP contribution is 2.20. The van der Waals surface area contributed by atoms with Gasteiger partial charge in [0.1, 0.15) is 0 Å². The molecular weight excluding hydrogens is 190 g/mol. The summed E-state index contributed by atoms with van der Waals surface area (Å²) in [6.45, 7) is 7.05. The summed E-state index contributed by atoms with van der Waals surface area (Å²) in [4.78, 5) is 2.36. The maximum absolute atomic E-state index is 10.2. The summed E-state index contributed by atoms with van der Waals surface area (Å²) < 4.78 is 5.33. The van der Waals surface area contributed by atoms with Crippen LogP contribution in [0.4, 0.5) is 0 Å². The quantitative estimate of drug-likeness (QED) is 0.757. The Labute approximate surface area is 93.4 Å². The van der Waals surface area contributed by atoms with Crippen molar-refractivity contribution in [2.75, 3.05) is 26.7 Å². The molecule has 0 amide bonds. The third-order valence-corrected chi connectivity index (χ3v) is 3.70. The lowest BCUT2D eigenvalue weighted by atomic mass is 9.95. The molecular formula is C12H25NO2. The summed E-state index contributed by atoms with van der Waals surface area (Å²) >= 11 is 0. The first kappa shape index (κ1) is 12.9. The third kappa shape index (κ3) is 3.74. The average molecular weight is 215 g/mol. The lowest BCUT2D eigenvalue weighted by molar-refractivity contribution is -0.0261. The van der Waals surface area contributed by atoms with E-state index in [1.807, 2.05) is 0 Å². The van der Waals surface area contributed by atoms with Crippen LogP contribution in [0.5, 0.6) is 0 Å². The molecule has 0 aromatic rings. The number of rotatable bonds is 5. The van der Waals surface area contributed by atoms with Gasteiger partial charge in [-0.05, 0) is 25.7 Å². The second-order valence-electron chi connectivity index (χ2n) is 4.64. The Morgan fingerprint density at radius 3 is 2.20 bits per heavy atom. The molecule has 0 unspecified atom stereocenters. The Morgan fingerprint density at radius 1 is 1.27 bits per heavy atom. The third-order valence-electron chi connectivity index (χ3n) is 3.70. The molecule has 1 saturated heterocycles. The molecule has 1 N–H and O–H groups in total. The Hall–Kier alpha value is -0.120. The van der Waals surface area contributed by atoms with Crippen molar-refractivity contribution in [2.24, 2.45) is 0 Å². The Bertz CT molecular complexity index is 172. The zero-order chi connectivity index (χ0) is 11.3. The van der Waals surface area contributed by atoms with Crippen LogP contribution in [0.1, 0.15) is 39.5 Å². The number of β-amino-alcohol motifs (C(OH)–C–C–N with tert-alkyl or cyclic N) is 1. The average Bonchev–Trinajstić information content (AvgIpc) is 2.30. The lowest BCUT2D eigenvalue weighted by Crippen LogP contribution is -2.46. The Kier molecular flexibility index (Phi) is 5.03. The van der Waals surface area contributed by atoms with Gasteiger partial charge in [0.2, 0.25) is 0 Å². The van der Waals surface area contributed by atoms with Crippen molar-refractivity contribution >= 4 is 0 Å². The number of likely N-dealkylation sites (tertiary alicyclic amines) is 1. The first-order valence-corrected chi connectivity index (χ1v) is 6.11. The van der Waals surface area contributed by atoms with Crippen molar-refractivity contribution in [1.29, 1.82) is 0 Å². The number of piperidine rings is 1. The van der Waals surface area contributed by atoms with Gasteiger partial charge >= 0.3 is 0 Å². The normalized spacial score (nSPS) is 20.8. The summed E-state index contributed by atoms with van der Waals surface area (Å²) in [6.07, 6.45) is 4.30. The van der Waals surface area contributed by atoms with Gasteiger partial charge in [-0.2, -0.15) is 0 Å². The van der Waals surface area contributed by atoms with Crippen molar-refractivity contribution in [3.05, 3.63) is 0 Å². The molecule has 15 heavy (non-hydrogen) atoms. The standard InChI is InChI=1S/C12H25NO2/c1-4-12(14,5-2)10-13-8-6-11(15-3)7-9-13/h11,14H,4-10H2,1-3H3. The molecule has 1 heterocycles. The van der Waals surface area contributed by atoms with Crippen LogP contribution in [0.15, 0.2) is 0 Å². The fraction of sp³-hybridized carbons (Fsp3) is 1.00. The second-order valence-corrected chi connectivity index (χ2v) is 4.64. The maximum atomic E-state index is 10.2. The minimum absolute atomic E-state index is 0.428. The first-order valence-electron chi connectivity index (χ1n) is 6.11. The van der Waals surface area contributed by atoms with E-state index < -0.39 is 5.60 Å². The highest BCUT2D eigenvalue weighted by Gasteiger charge is 2.28. The Balaban J connectivity index is 2.34. The van der Waals surface area contributed by atoms with Crippen molar-refractivity contribution in [1.82, 2.24) is 4.90 Å². The lowest BCUT2D eigenvalue weighted by Gasteiger charge is -2.37. The van der Waals surface area contributed by atoms with Crippen molar-refractivity contribution in [2.45, 2.75) is 51.2 Å². The zero-order valence-corrected chi connectivity index (χ0v) is 10.3.